The summed E-state index contributed by atoms with van der Waals surface area (Å²) >= 11 is 0. The molecule has 1 saturated heterocycles. The number of aliphatic hydroxyl groups is 1. The van der Waals surface area contributed by atoms with Crippen molar-refractivity contribution in [2.24, 2.45) is 17.3 Å². The van der Waals surface area contributed by atoms with Crippen LogP contribution in [0.15, 0.2) is 0 Å². The molecule has 1 saturated carbocycles. The molecule has 1 N–H and O–H groups in total. The molecule has 1 aromatic carbocycles. The van der Waals surface area contributed by atoms with Crippen LogP contribution < -0.4 is 9.47 Å². The van der Waals surface area contributed by atoms with E-state index in [1.54, 1.807) is 7.11 Å². The van der Waals surface area contributed by atoms with Crippen molar-refractivity contribution in [3.63, 3.8) is 0 Å². The second kappa shape index (κ2) is 6.62. The molecule has 174 valence electrons. The Kier molecular flexibility index (Phi) is 4.46. The predicted octanol–water partition coefficient (Wildman–Crippen LogP) is 3.49. The molecule has 1 aromatic rings. The molecule has 3 aliphatic heterocycles. The summed E-state index contributed by atoms with van der Waals surface area (Å²) in [4.78, 5) is 24.9. The van der Waals surface area contributed by atoms with E-state index in [1.807, 2.05) is 20.8 Å². The van der Waals surface area contributed by atoms with E-state index in [2.05, 4.69) is 13.8 Å². The number of carbonyl (C=O) groups excluding carboxylic acids is 2. The molecule has 0 unspecified atom stereocenters. The molecule has 7 nitrogen and oxygen atoms in total. The zero-order chi connectivity index (χ0) is 23.2. The van der Waals surface area contributed by atoms with Crippen LogP contribution in [0.5, 0.6) is 11.5 Å². The third kappa shape index (κ3) is 2.69. The monoisotopic (exact) mass is 444 g/mol. The van der Waals surface area contributed by atoms with Gasteiger partial charge in [-0.25, -0.2) is 4.79 Å². The average molecular weight is 445 g/mol. The van der Waals surface area contributed by atoms with Gasteiger partial charge < -0.3 is 24.1 Å². The molecule has 4 aliphatic rings. The highest BCUT2D eigenvalue weighted by Crippen LogP contribution is 2.62. The molecule has 0 spiro atoms. The lowest BCUT2D eigenvalue weighted by Gasteiger charge is -2.61. The smallest absolute Gasteiger partial charge is 0.342 e. The summed E-state index contributed by atoms with van der Waals surface area (Å²) in [7, 11) is 1.57. The van der Waals surface area contributed by atoms with Gasteiger partial charge in [0.05, 0.1) is 13.2 Å². The first kappa shape index (κ1) is 21.6. The lowest BCUT2D eigenvalue weighted by molar-refractivity contribution is -0.211. The molecular weight excluding hydrogens is 412 g/mol. The highest BCUT2D eigenvalue weighted by atomic mass is 16.6. The average Bonchev–Trinajstić information content (AvgIpc) is 3.03. The van der Waals surface area contributed by atoms with Gasteiger partial charge in [0.25, 0.3) is 0 Å². The Morgan fingerprint density at radius 1 is 1.09 bits per heavy atom. The normalized spacial score (nSPS) is 37.0. The molecule has 32 heavy (non-hydrogen) atoms. The second-order valence-corrected chi connectivity index (χ2v) is 10.9. The first-order chi connectivity index (χ1) is 14.9. The summed E-state index contributed by atoms with van der Waals surface area (Å²) in [5.74, 6) is 0.410. The van der Waals surface area contributed by atoms with Gasteiger partial charge in [-0.1, -0.05) is 6.92 Å². The Morgan fingerprint density at radius 2 is 1.81 bits per heavy atom. The number of esters is 2. The fraction of sp³-hybridized carbons (Fsp3) is 0.680. The first-order valence-corrected chi connectivity index (χ1v) is 11.4. The molecule has 3 heterocycles. The second-order valence-electron chi connectivity index (χ2n) is 10.9. The van der Waals surface area contributed by atoms with Gasteiger partial charge in [0, 0.05) is 35.8 Å². The van der Waals surface area contributed by atoms with Gasteiger partial charge in [-0.2, -0.15) is 0 Å². The maximum atomic E-state index is 12.5. The van der Waals surface area contributed by atoms with E-state index in [0.717, 1.165) is 22.4 Å². The summed E-state index contributed by atoms with van der Waals surface area (Å²) in [6.07, 6.45) is 1.29. The number of hydrogen-bond donors (Lipinski definition) is 1. The van der Waals surface area contributed by atoms with Crippen LogP contribution in [0.1, 0.15) is 74.0 Å². The third-order valence-electron chi connectivity index (χ3n) is 8.61. The molecule has 0 bridgehead atoms. The molecule has 7 heteroatoms. The van der Waals surface area contributed by atoms with Crippen LogP contribution in [0.3, 0.4) is 0 Å². The van der Waals surface area contributed by atoms with Crippen LogP contribution in [-0.4, -0.2) is 41.5 Å². The Labute approximate surface area is 188 Å². The Bertz CT molecular complexity index is 1030. The van der Waals surface area contributed by atoms with Crippen LogP contribution in [0.25, 0.3) is 0 Å². The van der Waals surface area contributed by atoms with Crippen LogP contribution >= 0.6 is 0 Å². The van der Waals surface area contributed by atoms with Crippen molar-refractivity contribution >= 4 is 11.9 Å². The van der Waals surface area contributed by atoms with Gasteiger partial charge in [0.2, 0.25) is 0 Å². The van der Waals surface area contributed by atoms with Gasteiger partial charge in [-0.05, 0) is 51.5 Å². The lowest BCUT2D eigenvalue weighted by atomic mass is 9.49. The molecule has 2 fully saturated rings. The quantitative estimate of drug-likeness (QED) is 0.663. The van der Waals surface area contributed by atoms with E-state index in [9.17, 15) is 14.7 Å². The molecular formula is C25H32O7. The van der Waals surface area contributed by atoms with E-state index in [0.29, 0.717) is 37.0 Å². The SMILES string of the molecule is COc1c2c(c(C)c3c1C(=O)OC3)O[C@]1(C)C[C@H](O)[C@@H]3C(C)(C)OC(=O)CC[C@]3(C)[C@H]1C2. The third-order valence-corrected chi connectivity index (χ3v) is 8.61. The van der Waals surface area contributed by atoms with Crippen molar-refractivity contribution in [2.75, 3.05) is 7.11 Å². The van der Waals surface area contributed by atoms with Gasteiger partial charge in [0.15, 0.2) is 0 Å². The molecule has 1 aliphatic carbocycles. The standard InChI is InChI=1S/C25H32O7/c1-12-14-11-30-22(28)18(14)20(29-6)13-9-16-24(4)8-7-17(27)31-23(2,3)21(24)15(26)10-25(16,5)32-19(12)13/h15-16,21,26H,7-11H2,1-6H3/t15-,16+,21+,24+,25+/m0/s1. The lowest BCUT2D eigenvalue weighted by Crippen LogP contribution is -2.66. The van der Waals surface area contributed by atoms with Gasteiger partial charge in [0.1, 0.15) is 34.9 Å². The molecule has 0 radical (unpaired) electrons. The summed E-state index contributed by atoms with van der Waals surface area (Å²) in [6.45, 7) is 10.2. The highest BCUT2D eigenvalue weighted by Gasteiger charge is 2.65. The van der Waals surface area contributed by atoms with E-state index >= 15 is 0 Å². The molecule has 5 rings (SSSR count). The number of benzene rings is 1. The van der Waals surface area contributed by atoms with Crippen molar-refractivity contribution in [1.82, 2.24) is 0 Å². The van der Waals surface area contributed by atoms with Crippen molar-refractivity contribution in [3.05, 3.63) is 22.3 Å². The van der Waals surface area contributed by atoms with Crippen LogP contribution in [0, 0.1) is 24.2 Å². The summed E-state index contributed by atoms with van der Waals surface area (Å²) < 4.78 is 23.6. The number of methoxy groups -OCH3 is 1. The number of hydrogen-bond acceptors (Lipinski definition) is 7. The Balaban J connectivity index is 1.70. The zero-order valence-corrected chi connectivity index (χ0v) is 19.7. The van der Waals surface area contributed by atoms with Crippen molar-refractivity contribution in [2.45, 2.75) is 84.2 Å². The van der Waals surface area contributed by atoms with Gasteiger partial charge in [-0.3, -0.25) is 4.79 Å². The van der Waals surface area contributed by atoms with E-state index in [1.165, 1.54) is 0 Å². The molecule has 0 amide bonds. The molecule has 0 aromatic heterocycles. The first-order valence-electron chi connectivity index (χ1n) is 11.4. The summed E-state index contributed by atoms with van der Waals surface area (Å²) in [5, 5.41) is 11.4. The number of rotatable bonds is 1. The van der Waals surface area contributed by atoms with E-state index in [4.69, 9.17) is 18.9 Å². The summed E-state index contributed by atoms with van der Waals surface area (Å²) in [5.41, 5.74) is 1.22. The van der Waals surface area contributed by atoms with Crippen LogP contribution in [-0.2, 0) is 27.3 Å². The minimum atomic E-state index is -0.800. The maximum Gasteiger partial charge on any atom is 0.342 e. The number of ether oxygens (including phenoxy) is 4. The van der Waals surface area contributed by atoms with Crippen LogP contribution in [0.2, 0.25) is 0 Å². The van der Waals surface area contributed by atoms with Crippen molar-refractivity contribution in [1.29, 1.82) is 0 Å². The summed E-state index contributed by atoms with van der Waals surface area (Å²) in [6, 6.07) is 0. The zero-order valence-electron chi connectivity index (χ0n) is 19.7. The van der Waals surface area contributed by atoms with Crippen molar-refractivity contribution < 1.29 is 33.6 Å². The Morgan fingerprint density at radius 3 is 2.50 bits per heavy atom. The fourth-order valence-electron chi connectivity index (χ4n) is 7.49. The predicted molar refractivity (Wildman–Crippen MR) is 115 cm³/mol. The number of fused-ring (bicyclic) bond motifs is 5. The number of carbonyl (C=O) groups is 2. The van der Waals surface area contributed by atoms with Crippen LogP contribution in [0.4, 0.5) is 0 Å². The topological polar surface area (TPSA) is 91.3 Å². The van der Waals surface area contributed by atoms with E-state index < -0.39 is 22.7 Å². The Hall–Kier alpha value is -2.28. The fourth-order valence-corrected chi connectivity index (χ4v) is 7.49. The highest BCUT2D eigenvalue weighted by molar-refractivity contribution is 5.98. The van der Waals surface area contributed by atoms with Gasteiger partial charge >= 0.3 is 11.9 Å². The van der Waals surface area contributed by atoms with E-state index in [-0.39, 0.29) is 30.4 Å². The molecule has 5 atom stereocenters. The minimum Gasteiger partial charge on any atom is -0.495 e. The maximum absolute atomic E-state index is 12.5. The van der Waals surface area contributed by atoms with Gasteiger partial charge in [-0.15, -0.1) is 0 Å². The number of aliphatic hydroxyl groups excluding tert-OH is 1. The minimum absolute atomic E-state index is 0.00607. The van der Waals surface area contributed by atoms with Crippen molar-refractivity contribution in [3.8, 4) is 11.5 Å². The largest absolute Gasteiger partial charge is 0.495 e. The number of cyclic esters (lactones) is 2.